The summed E-state index contributed by atoms with van der Waals surface area (Å²) in [4.78, 5) is 0. The van der Waals surface area contributed by atoms with Gasteiger partial charge in [-0.3, -0.25) is 0 Å². The SMILES string of the molecule is CC1=C(c2[c-]c3c(cc2)-c2ccccc2C3)C(C)C=C1.[Cl-].[Cl-].[Cl-].[Ti+4]. The molecule has 4 heteroatoms. The molecule has 2 aromatic carbocycles. The normalized spacial score (nSPS) is 16.2. The monoisotopic (exact) mass is 410 g/mol. The maximum atomic E-state index is 3.68. The summed E-state index contributed by atoms with van der Waals surface area (Å²) in [6, 6.07) is 16.9. The van der Waals surface area contributed by atoms with E-state index < -0.39 is 0 Å². The van der Waals surface area contributed by atoms with Gasteiger partial charge in [0.2, 0.25) is 0 Å². The fourth-order valence-corrected chi connectivity index (χ4v) is 3.51. The van der Waals surface area contributed by atoms with E-state index in [4.69, 9.17) is 0 Å². The molecule has 0 N–H and O–H groups in total. The molecule has 4 rings (SSSR count). The van der Waals surface area contributed by atoms with Crippen LogP contribution in [0.4, 0.5) is 0 Å². The zero-order valence-electron chi connectivity index (χ0n) is 13.5. The third-order valence-electron chi connectivity index (χ3n) is 4.51. The predicted molar refractivity (Wildman–Crippen MR) is 84.4 cm³/mol. The maximum Gasteiger partial charge on any atom is 4.00 e. The molecule has 2 aliphatic carbocycles. The molecule has 24 heavy (non-hydrogen) atoms. The van der Waals surface area contributed by atoms with Crippen LogP contribution in [0.2, 0.25) is 0 Å². The van der Waals surface area contributed by atoms with E-state index >= 15 is 0 Å². The Labute approximate surface area is 177 Å². The van der Waals surface area contributed by atoms with Crippen LogP contribution in [-0.2, 0) is 28.1 Å². The maximum absolute atomic E-state index is 3.68. The summed E-state index contributed by atoms with van der Waals surface area (Å²) in [5.74, 6) is 0.507. The van der Waals surface area contributed by atoms with Crippen LogP contribution in [-0.4, -0.2) is 0 Å². The number of rotatable bonds is 1. The van der Waals surface area contributed by atoms with E-state index in [0.717, 1.165) is 6.42 Å². The minimum absolute atomic E-state index is 0. The van der Waals surface area contributed by atoms with Gasteiger partial charge in [-0.25, -0.2) is 0 Å². The summed E-state index contributed by atoms with van der Waals surface area (Å²) >= 11 is 0. The van der Waals surface area contributed by atoms with Gasteiger partial charge in [0.15, 0.2) is 0 Å². The van der Waals surface area contributed by atoms with Crippen LogP contribution in [0, 0.1) is 12.0 Å². The minimum atomic E-state index is 0. The Morgan fingerprint density at radius 1 is 0.958 bits per heavy atom. The van der Waals surface area contributed by atoms with Gasteiger partial charge in [-0.2, -0.15) is 0 Å². The molecule has 1 unspecified atom stereocenters. The van der Waals surface area contributed by atoms with Gasteiger partial charge < -0.3 is 37.2 Å². The van der Waals surface area contributed by atoms with Crippen molar-refractivity contribution in [2.45, 2.75) is 20.3 Å². The van der Waals surface area contributed by atoms with E-state index in [2.05, 4.69) is 68.5 Å². The molecule has 0 amide bonds. The molecule has 0 fully saturated rings. The largest absolute Gasteiger partial charge is 4.00 e. The average molecular weight is 412 g/mol. The van der Waals surface area contributed by atoms with Crippen molar-refractivity contribution in [1.29, 1.82) is 0 Å². The third kappa shape index (κ3) is 3.84. The molecule has 0 bridgehead atoms. The van der Waals surface area contributed by atoms with Crippen molar-refractivity contribution < 1.29 is 58.9 Å². The van der Waals surface area contributed by atoms with Gasteiger partial charge in [0.05, 0.1) is 0 Å². The number of hydrogen-bond donors (Lipinski definition) is 0. The van der Waals surface area contributed by atoms with Crippen LogP contribution < -0.4 is 37.2 Å². The Hall–Kier alpha value is -0.496. The van der Waals surface area contributed by atoms with E-state index in [1.165, 1.54) is 39.0 Å². The molecule has 0 saturated heterocycles. The molecule has 0 radical (unpaired) electrons. The number of allylic oxidation sites excluding steroid dienone is 4. The van der Waals surface area contributed by atoms with Crippen LogP contribution in [0.15, 0.2) is 54.1 Å². The Morgan fingerprint density at radius 2 is 1.67 bits per heavy atom. The first-order valence-corrected chi connectivity index (χ1v) is 7.27. The van der Waals surface area contributed by atoms with E-state index in [-0.39, 0.29) is 58.9 Å². The van der Waals surface area contributed by atoms with E-state index in [1.54, 1.807) is 0 Å². The van der Waals surface area contributed by atoms with Crippen LogP contribution in [0.3, 0.4) is 0 Å². The molecule has 0 aliphatic heterocycles. The second-order valence-electron chi connectivity index (χ2n) is 5.84. The third-order valence-corrected chi connectivity index (χ3v) is 4.51. The van der Waals surface area contributed by atoms with Gasteiger partial charge in [0.25, 0.3) is 0 Å². The Bertz CT molecular complexity index is 778. The van der Waals surface area contributed by atoms with Crippen molar-refractivity contribution in [2.75, 3.05) is 0 Å². The Balaban J connectivity index is 0.00000132. The molecule has 0 saturated carbocycles. The van der Waals surface area contributed by atoms with Crippen molar-refractivity contribution >= 4 is 5.57 Å². The second-order valence-corrected chi connectivity index (χ2v) is 5.84. The molecule has 122 valence electrons. The smallest absolute Gasteiger partial charge is 1.00 e. The molecule has 0 nitrogen and oxygen atoms in total. The summed E-state index contributed by atoms with van der Waals surface area (Å²) in [6.45, 7) is 4.46. The zero-order chi connectivity index (χ0) is 13.7. The molecule has 2 aromatic rings. The summed E-state index contributed by atoms with van der Waals surface area (Å²) < 4.78 is 0. The summed E-state index contributed by atoms with van der Waals surface area (Å²) in [5, 5.41) is 0. The standard InChI is InChI=1S/C20H17.3ClH.Ti/c1-13-7-8-14(2)20(13)16-9-10-19-17(12-16)11-15-5-3-4-6-18(15)19;;;;/h3-10,13H,11H2,1-2H3;3*1H;/q-1;;;;+4/p-3. The summed E-state index contributed by atoms with van der Waals surface area (Å²) in [6.07, 6.45) is 5.53. The van der Waals surface area contributed by atoms with Crippen molar-refractivity contribution in [1.82, 2.24) is 0 Å². The molecular formula is C20H17Cl3Ti. The second kappa shape index (κ2) is 9.27. The predicted octanol–water partition coefficient (Wildman–Crippen LogP) is -3.95. The first-order chi connectivity index (χ1) is 9.74. The van der Waals surface area contributed by atoms with Crippen LogP contribution >= 0.6 is 0 Å². The van der Waals surface area contributed by atoms with Gasteiger partial charge in [-0.1, -0.05) is 60.0 Å². The molecule has 0 heterocycles. The number of fused-ring (bicyclic) bond motifs is 3. The number of hydrogen-bond acceptors (Lipinski definition) is 0. The molecule has 1 atom stereocenters. The van der Waals surface area contributed by atoms with Crippen molar-refractivity contribution in [2.24, 2.45) is 5.92 Å². The molecule has 0 spiro atoms. The number of benzene rings is 2. The van der Waals surface area contributed by atoms with Gasteiger partial charge in [-0.05, 0) is 24.8 Å². The zero-order valence-corrected chi connectivity index (χ0v) is 17.4. The molecule has 0 aromatic heterocycles. The average Bonchev–Trinajstić information content (AvgIpc) is 2.98. The van der Waals surface area contributed by atoms with Gasteiger partial charge >= 0.3 is 21.7 Å². The van der Waals surface area contributed by atoms with Gasteiger partial charge in [-0.15, -0.1) is 34.9 Å². The fraction of sp³-hybridized carbons (Fsp3) is 0.200. The summed E-state index contributed by atoms with van der Waals surface area (Å²) in [5.41, 5.74) is 9.61. The van der Waals surface area contributed by atoms with Crippen LogP contribution in [0.25, 0.3) is 16.7 Å². The first kappa shape index (κ1) is 23.5. The quantitative estimate of drug-likeness (QED) is 0.283. The first-order valence-electron chi connectivity index (χ1n) is 7.27. The van der Waals surface area contributed by atoms with E-state index in [0.29, 0.717) is 5.92 Å². The number of halogens is 3. The van der Waals surface area contributed by atoms with E-state index in [1.807, 2.05) is 0 Å². The van der Waals surface area contributed by atoms with Gasteiger partial charge in [0, 0.05) is 0 Å². The Morgan fingerprint density at radius 3 is 2.33 bits per heavy atom. The summed E-state index contributed by atoms with van der Waals surface area (Å²) in [7, 11) is 0. The minimum Gasteiger partial charge on any atom is -1.00 e. The van der Waals surface area contributed by atoms with Gasteiger partial charge in [0.1, 0.15) is 0 Å². The van der Waals surface area contributed by atoms with Crippen molar-refractivity contribution in [3.63, 3.8) is 0 Å². The van der Waals surface area contributed by atoms with Crippen LogP contribution in [0.5, 0.6) is 0 Å². The topological polar surface area (TPSA) is 0 Å². The van der Waals surface area contributed by atoms with Crippen LogP contribution in [0.1, 0.15) is 30.5 Å². The van der Waals surface area contributed by atoms with E-state index in [9.17, 15) is 0 Å². The fourth-order valence-electron chi connectivity index (χ4n) is 3.51. The molecular weight excluding hydrogens is 394 g/mol. The van der Waals surface area contributed by atoms with Crippen molar-refractivity contribution in [3.8, 4) is 11.1 Å². The molecule has 2 aliphatic rings. The van der Waals surface area contributed by atoms with Crippen molar-refractivity contribution in [3.05, 3.63) is 76.9 Å². The Kier molecular flexibility index (Phi) is 9.08.